The molecule has 0 saturated heterocycles. The number of hydrogen-bond donors (Lipinski definition) is 0. The summed E-state index contributed by atoms with van der Waals surface area (Å²) in [6.45, 7) is 2.19. The molecule has 0 aliphatic heterocycles. The van der Waals surface area contributed by atoms with Crippen LogP contribution in [0.3, 0.4) is 0 Å². The van der Waals surface area contributed by atoms with Crippen LogP contribution in [0, 0.1) is 5.92 Å². The summed E-state index contributed by atoms with van der Waals surface area (Å²) in [5.74, 6) is 0.898. The van der Waals surface area contributed by atoms with E-state index < -0.39 is 4.33 Å². The van der Waals surface area contributed by atoms with Crippen molar-refractivity contribution in [3.8, 4) is 0 Å². The normalized spacial score (nSPS) is 26.8. The second-order valence-corrected chi connectivity index (χ2v) is 5.31. The van der Waals surface area contributed by atoms with Crippen LogP contribution in [0.4, 0.5) is 0 Å². The van der Waals surface area contributed by atoms with Crippen LogP contribution in [-0.4, -0.2) is 4.33 Å². The van der Waals surface area contributed by atoms with E-state index in [1.165, 1.54) is 5.56 Å². The minimum absolute atomic E-state index is 0.429. The van der Waals surface area contributed by atoms with Gasteiger partial charge < -0.3 is 0 Å². The SMILES string of the molecule is CC(c1ccccc1)C1CC1(Cl)Cl. The van der Waals surface area contributed by atoms with Gasteiger partial charge >= 0.3 is 0 Å². The van der Waals surface area contributed by atoms with Gasteiger partial charge in [0.15, 0.2) is 0 Å². The third-order valence-electron chi connectivity index (χ3n) is 2.80. The van der Waals surface area contributed by atoms with Gasteiger partial charge in [-0.1, -0.05) is 37.3 Å². The summed E-state index contributed by atoms with van der Waals surface area (Å²) in [6, 6.07) is 10.4. The lowest BCUT2D eigenvalue weighted by Gasteiger charge is -2.11. The molecule has 2 atom stereocenters. The second kappa shape index (κ2) is 3.18. The number of halogens is 2. The minimum Gasteiger partial charge on any atom is -0.101 e. The van der Waals surface area contributed by atoms with Crippen LogP contribution < -0.4 is 0 Å². The number of alkyl halides is 2. The Morgan fingerprint density at radius 3 is 2.31 bits per heavy atom. The van der Waals surface area contributed by atoms with Gasteiger partial charge in [0.05, 0.1) is 0 Å². The van der Waals surface area contributed by atoms with E-state index in [1.54, 1.807) is 0 Å². The lowest BCUT2D eigenvalue weighted by atomic mass is 9.97. The molecule has 0 N–H and O–H groups in total. The molecule has 0 spiro atoms. The minimum atomic E-state index is -0.463. The van der Waals surface area contributed by atoms with Crippen molar-refractivity contribution in [3.05, 3.63) is 35.9 Å². The van der Waals surface area contributed by atoms with Crippen molar-refractivity contribution >= 4 is 23.2 Å². The molecule has 2 rings (SSSR count). The van der Waals surface area contributed by atoms with Crippen LogP contribution in [0.1, 0.15) is 24.8 Å². The van der Waals surface area contributed by atoms with Crippen LogP contribution >= 0.6 is 23.2 Å². The third kappa shape index (κ3) is 1.84. The quantitative estimate of drug-likeness (QED) is 0.654. The van der Waals surface area contributed by atoms with Crippen LogP contribution in [0.2, 0.25) is 0 Å². The Hall–Kier alpha value is -0.200. The molecule has 0 amide bonds. The molecule has 0 nitrogen and oxygen atoms in total. The highest BCUT2D eigenvalue weighted by Gasteiger charge is 2.54. The highest BCUT2D eigenvalue weighted by Crippen LogP contribution is 2.59. The maximum atomic E-state index is 6.02. The maximum absolute atomic E-state index is 6.02. The van der Waals surface area contributed by atoms with Crippen LogP contribution in [-0.2, 0) is 0 Å². The molecule has 0 bridgehead atoms. The summed E-state index contributed by atoms with van der Waals surface area (Å²) in [5, 5.41) is 0. The standard InChI is InChI=1S/C11H12Cl2/c1-8(10-7-11(10,12)13)9-5-3-2-4-6-9/h2-6,8,10H,7H2,1H3. The van der Waals surface area contributed by atoms with E-state index in [1.807, 2.05) is 6.07 Å². The van der Waals surface area contributed by atoms with E-state index in [0.29, 0.717) is 11.8 Å². The van der Waals surface area contributed by atoms with Gasteiger partial charge in [0.1, 0.15) is 4.33 Å². The molecule has 70 valence electrons. The van der Waals surface area contributed by atoms with Crippen molar-refractivity contribution in [2.45, 2.75) is 23.6 Å². The van der Waals surface area contributed by atoms with Gasteiger partial charge in [-0.2, -0.15) is 0 Å². The van der Waals surface area contributed by atoms with Crippen molar-refractivity contribution in [1.29, 1.82) is 0 Å². The van der Waals surface area contributed by atoms with Crippen LogP contribution in [0.25, 0.3) is 0 Å². The van der Waals surface area contributed by atoms with Gasteiger partial charge in [0, 0.05) is 5.92 Å². The fourth-order valence-electron chi connectivity index (χ4n) is 1.77. The first kappa shape index (κ1) is 9.36. The Morgan fingerprint density at radius 1 is 1.31 bits per heavy atom. The summed E-state index contributed by atoms with van der Waals surface area (Å²) in [7, 11) is 0. The van der Waals surface area contributed by atoms with Gasteiger partial charge in [-0.15, -0.1) is 23.2 Å². The lowest BCUT2D eigenvalue weighted by molar-refractivity contribution is 0.657. The molecule has 2 unspecified atom stereocenters. The molecule has 2 heteroatoms. The van der Waals surface area contributed by atoms with Gasteiger partial charge in [-0.3, -0.25) is 0 Å². The molecule has 0 heterocycles. The fraction of sp³-hybridized carbons (Fsp3) is 0.455. The first-order valence-electron chi connectivity index (χ1n) is 4.54. The van der Waals surface area contributed by atoms with E-state index in [0.717, 1.165) is 6.42 Å². The molecule has 1 aromatic carbocycles. The first-order valence-corrected chi connectivity index (χ1v) is 5.29. The van der Waals surface area contributed by atoms with E-state index in [4.69, 9.17) is 23.2 Å². The Morgan fingerprint density at radius 2 is 1.85 bits per heavy atom. The Balaban J connectivity index is 2.12. The average molecular weight is 215 g/mol. The van der Waals surface area contributed by atoms with Gasteiger partial charge in [-0.25, -0.2) is 0 Å². The molecular formula is C11H12Cl2. The molecular weight excluding hydrogens is 203 g/mol. The molecule has 1 fully saturated rings. The monoisotopic (exact) mass is 214 g/mol. The Bertz CT molecular complexity index is 292. The highest BCUT2D eigenvalue weighted by molar-refractivity contribution is 6.50. The zero-order valence-corrected chi connectivity index (χ0v) is 9.02. The highest BCUT2D eigenvalue weighted by atomic mass is 35.5. The predicted molar refractivity (Wildman–Crippen MR) is 57.4 cm³/mol. The third-order valence-corrected chi connectivity index (χ3v) is 3.67. The van der Waals surface area contributed by atoms with E-state index >= 15 is 0 Å². The average Bonchev–Trinajstić information content (AvgIpc) is 2.76. The van der Waals surface area contributed by atoms with Crippen molar-refractivity contribution in [2.24, 2.45) is 5.92 Å². The predicted octanol–water partition coefficient (Wildman–Crippen LogP) is 3.98. The number of benzene rings is 1. The number of hydrogen-bond acceptors (Lipinski definition) is 0. The summed E-state index contributed by atoms with van der Waals surface area (Å²) >= 11 is 12.0. The van der Waals surface area contributed by atoms with E-state index in [2.05, 4.69) is 31.2 Å². The summed E-state index contributed by atoms with van der Waals surface area (Å²) < 4.78 is -0.463. The van der Waals surface area contributed by atoms with Gasteiger partial charge in [-0.05, 0) is 17.9 Å². The molecule has 1 saturated carbocycles. The molecule has 0 radical (unpaired) electrons. The van der Waals surface area contributed by atoms with E-state index in [9.17, 15) is 0 Å². The van der Waals surface area contributed by atoms with Gasteiger partial charge in [0.2, 0.25) is 0 Å². The second-order valence-electron chi connectivity index (χ2n) is 3.77. The molecule has 13 heavy (non-hydrogen) atoms. The zero-order chi connectivity index (χ0) is 9.47. The Kier molecular flexibility index (Phi) is 2.29. The van der Waals surface area contributed by atoms with Gasteiger partial charge in [0.25, 0.3) is 0 Å². The number of rotatable bonds is 2. The molecule has 1 aliphatic carbocycles. The molecule has 1 aromatic rings. The van der Waals surface area contributed by atoms with Crippen molar-refractivity contribution in [3.63, 3.8) is 0 Å². The molecule has 1 aliphatic rings. The zero-order valence-electron chi connectivity index (χ0n) is 7.50. The van der Waals surface area contributed by atoms with Crippen molar-refractivity contribution in [1.82, 2.24) is 0 Å². The van der Waals surface area contributed by atoms with Crippen molar-refractivity contribution < 1.29 is 0 Å². The summed E-state index contributed by atoms with van der Waals surface area (Å²) in [5.41, 5.74) is 1.33. The van der Waals surface area contributed by atoms with Crippen LogP contribution in [0.5, 0.6) is 0 Å². The Labute approximate surface area is 88.9 Å². The molecule has 0 aromatic heterocycles. The van der Waals surface area contributed by atoms with E-state index in [-0.39, 0.29) is 0 Å². The topological polar surface area (TPSA) is 0 Å². The van der Waals surface area contributed by atoms with Crippen molar-refractivity contribution in [2.75, 3.05) is 0 Å². The summed E-state index contributed by atoms with van der Waals surface area (Å²) in [4.78, 5) is 0. The smallest absolute Gasteiger partial charge is 0.101 e. The lowest BCUT2D eigenvalue weighted by Crippen LogP contribution is -2.01. The van der Waals surface area contributed by atoms with Crippen LogP contribution in [0.15, 0.2) is 30.3 Å². The first-order chi connectivity index (χ1) is 6.11. The largest absolute Gasteiger partial charge is 0.122 e. The fourth-order valence-corrected chi connectivity index (χ4v) is 2.48. The maximum Gasteiger partial charge on any atom is 0.122 e. The summed E-state index contributed by atoms with van der Waals surface area (Å²) in [6.07, 6.45) is 0.923.